The van der Waals surface area contributed by atoms with Gasteiger partial charge in [-0.05, 0) is 42.9 Å². The van der Waals surface area contributed by atoms with Crippen LogP contribution in [0.1, 0.15) is 43.0 Å². The lowest BCUT2D eigenvalue weighted by Crippen LogP contribution is -2.38. The molecule has 0 bridgehead atoms. The Balaban J connectivity index is 1.53. The molecule has 9 nitrogen and oxygen atoms in total. The molecule has 2 aliphatic rings. The molecule has 1 amide bonds. The number of hydrogen-bond acceptors (Lipinski definition) is 7. The Morgan fingerprint density at radius 1 is 1.21 bits per heavy atom. The number of anilines is 2. The van der Waals surface area contributed by atoms with Gasteiger partial charge in [-0.1, -0.05) is 19.4 Å². The molecule has 0 spiro atoms. The van der Waals surface area contributed by atoms with E-state index in [-0.39, 0.29) is 29.3 Å². The molecule has 1 aliphatic carbocycles. The van der Waals surface area contributed by atoms with Crippen LogP contribution in [0, 0.1) is 17.6 Å². The number of rotatable bonds is 5. The van der Waals surface area contributed by atoms with Crippen molar-refractivity contribution in [1.29, 1.82) is 0 Å². The summed E-state index contributed by atoms with van der Waals surface area (Å²) in [6.07, 6.45) is 6.15. The van der Waals surface area contributed by atoms with Crippen molar-refractivity contribution in [2.75, 3.05) is 11.1 Å². The Bertz CT molecular complexity index is 1480. The average Bonchev–Trinajstić information content (AvgIpc) is 3.46. The molecule has 34 heavy (non-hydrogen) atoms. The van der Waals surface area contributed by atoms with E-state index in [1.807, 2.05) is 6.92 Å². The zero-order chi connectivity index (χ0) is 23.6. The van der Waals surface area contributed by atoms with E-state index >= 15 is 0 Å². The molecule has 1 aromatic carbocycles. The maximum absolute atomic E-state index is 14.2. The van der Waals surface area contributed by atoms with Gasteiger partial charge in [0.25, 0.3) is 0 Å². The normalized spacial score (nSPS) is 19.4. The summed E-state index contributed by atoms with van der Waals surface area (Å²) >= 11 is 0. The number of hydrogen-bond donors (Lipinski definition) is 2. The van der Waals surface area contributed by atoms with Crippen LogP contribution >= 0.6 is 0 Å². The minimum atomic E-state index is -1.27. The molecule has 1 fully saturated rings. The lowest BCUT2D eigenvalue weighted by Gasteiger charge is -2.28. The average molecular weight is 462 g/mol. The SMILES string of the molecule is CCCc1nc(-c2nc(N)c3c(n2)NC(=O)C3(c2ccc(F)c(F)c2)C2CC2)cn2ncnc12. The predicted molar refractivity (Wildman–Crippen MR) is 119 cm³/mol. The summed E-state index contributed by atoms with van der Waals surface area (Å²) in [7, 11) is 0. The van der Waals surface area contributed by atoms with E-state index in [9.17, 15) is 13.6 Å². The third-order valence-electron chi connectivity index (χ3n) is 6.53. The smallest absolute Gasteiger partial charge is 0.241 e. The molecule has 3 aromatic heterocycles. The van der Waals surface area contributed by atoms with Crippen LogP contribution in [0.3, 0.4) is 0 Å². The third-order valence-corrected chi connectivity index (χ3v) is 6.53. The van der Waals surface area contributed by atoms with Crippen LogP contribution in [0.25, 0.3) is 17.2 Å². The van der Waals surface area contributed by atoms with Gasteiger partial charge >= 0.3 is 0 Å². The van der Waals surface area contributed by atoms with Crippen molar-refractivity contribution in [2.45, 2.75) is 38.0 Å². The second-order valence-electron chi connectivity index (χ2n) is 8.67. The molecule has 11 heteroatoms. The van der Waals surface area contributed by atoms with E-state index in [0.29, 0.717) is 28.9 Å². The zero-order valence-electron chi connectivity index (χ0n) is 18.2. The minimum Gasteiger partial charge on any atom is -0.383 e. The molecular formula is C23H20F2N8O. The van der Waals surface area contributed by atoms with E-state index in [1.165, 1.54) is 12.4 Å². The number of benzene rings is 1. The Hall–Kier alpha value is -4.02. The maximum Gasteiger partial charge on any atom is 0.241 e. The summed E-state index contributed by atoms with van der Waals surface area (Å²) in [5.74, 6) is -1.93. The molecule has 1 saturated carbocycles. The summed E-state index contributed by atoms with van der Waals surface area (Å²) in [6, 6.07) is 3.51. The highest BCUT2D eigenvalue weighted by molar-refractivity contribution is 6.10. The Morgan fingerprint density at radius 2 is 2.03 bits per heavy atom. The Kier molecular flexibility index (Phi) is 4.38. The number of aromatic nitrogens is 6. The van der Waals surface area contributed by atoms with Crippen molar-refractivity contribution in [3.63, 3.8) is 0 Å². The zero-order valence-corrected chi connectivity index (χ0v) is 18.2. The second-order valence-corrected chi connectivity index (χ2v) is 8.67. The number of carbonyl (C=O) groups is 1. The number of aryl methyl sites for hydroxylation is 1. The third kappa shape index (κ3) is 2.82. The van der Waals surface area contributed by atoms with E-state index in [4.69, 9.17) is 5.73 Å². The van der Waals surface area contributed by atoms with Gasteiger partial charge in [0.1, 0.15) is 29.1 Å². The Labute approximate surface area is 192 Å². The quantitative estimate of drug-likeness (QED) is 0.467. The molecule has 4 heterocycles. The number of nitrogens with one attached hydrogen (secondary N) is 1. The summed E-state index contributed by atoms with van der Waals surface area (Å²) in [4.78, 5) is 31.4. The fourth-order valence-electron chi connectivity index (χ4n) is 4.95. The van der Waals surface area contributed by atoms with Gasteiger partial charge in [-0.2, -0.15) is 5.10 Å². The van der Waals surface area contributed by atoms with Crippen LogP contribution in [0.2, 0.25) is 0 Å². The van der Waals surface area contributed by atoms with Crippen LogP contribution in [-0.4, -0.2) is 35.5 Å². The van der Waals surface area contributed by atoms with Crippen molar-refractivity contribution < 1.29 is 13.6 Å². The molecule has 1 unspecified atom stereocenters. The summed E-state index contributed by atoms with van der Waals surface area (Å²) < 4.78 is 29.5. The minimum absolute atomic E-state index is 0.0903. The lowest BCUT2D eigenvalue weighted by molar-refractivity contribution is -0.120. The number of amides is 1. The van der Waals surface area contributed by atoms with Crippen LogP contribution in [-0.2, 0) is 16.6 Å². The first-order valence-corrected chi connectivity index (χ1v) is 11.1. The number of carbonyl (C=O) groups excluding carboxylic acids is 1. The molecule has 3 N–H and O–H groups in total. The molecule has 0 saturated heterocycles. The highest BCUT2D eigenvalue weighted by Gasteiger charge is 2.59. The second kappa shape index (κ2) is 7.24. The van der Waals surface area contributed by atoms with Crippen molar-refractivity contribution in [3.05, 3.63) is 59.2 Å². The number of nitrogens with zero attached hydrogens (tertiary/aromatic N) is 6. The highest BCUT2D eigenvalue weighted by Crippen LogP contribution is 2.57. The predicted octanol–water partition coefficient (Wildman–Crippen LogP) is 3.04. The number of nitrogen functional groups attached to an aromatic ring is 1. The maximum atomic E-state index is 14.2. The van der Waals surface area contributed by atoms with Gasteiger partial charge < -0.3 is 11.1 Å². The molecule has 4 aromatic rings. The highest BCUT2D eigenvalue weighted by atomic mass is 19.2. The number of halogens is 2. The fraction of sp³-hybridized carbons (Fsp3) is 0.304. The van der Waals surface area contributed by atoms with Gasteiger partial charge in [0.15, 0.2) is 23.1 Å². The van der Waals surface area contributed by atoms with Gasteiger partial charge in [-0.3, -0.25) is 4.79 Å². The number of fused-ring (bicyclic) bond motifs is 2. The van der Waals surface area contributed by atoms with Gasteiger partial charge in [-0.25, -0.2) is 33.2 Å². The van der Waals surface area contributed by atoms with Gasteiger partial charge in [-0.15, -0.1) is 0 Å². The molecule has 1 atom stereocenters. The van der Waals surface area contributed by atoms with E-state index < -0.39 is 17.0 Å². The molecule has 172 valence electrons. The summed E-state index contributed by atoms with van der Waals surface area (Å²) in [5.41, 5.74) is 7.72. The van der Waals surface area contributed by atoms with Crippen molar-refractivity contribution in [1.82, 2.24) is 29.5 Å². The first-order valence-electron chi connectivity index (χ1n) is 11.1. The van der Waals surface area contributed by atoms with Crippen LogP contribution in [0.5, 0.6) is 0 Å². The van der Waals surface area contributed by atoms with E-state index in [2.05, 4.69) is 30.4 Å². The van der Waals surface area contributed by atoms with Crippen LogP contribution in [0.15, 0.2) is 30.7 Å². The lowest BCUT2D eigenvalue weighted by atomic mass is 9.71. The fourth-order valence-corrected chi connectivity index (χ4v) is 4.95. The molecule has 1 aliphatic heterocycles. The molecule has 6 rings (SSSR count). The standard InChI is InChI=1S/C23H20F2N8O/c1-2-3-15-21-27-10-28-33(21)9-16(29-15)19-30-18(26)17-20(31-19)32-22(34)23(17,11-4-5-11)12-6-7-13(24)14(25)8-12/h6-11H,2-5H2,1H3,(H3,26,30,31,32,34). The van der Waals surface area contributed by atoms with Crippen molar-refractivity contribution in [3.8, 4) is 11.5 Å². The summed E-state index contributed by atoms with van der Waals surface area (Å²) in [6.45, 7) is 2.04. The first-order chi connectivity index (χ1) is 16.4. The molecular weight excluding hydrogens is 442 g/mol. The van der Waals surface area contributed by atoms with Gasteiger partial charge in [0, 0.05) is 0 Å². The van der Waals surface area contributed by atoms with E-state index in [0.717, 1.165) is 37.1 Å². The van der Waals surface area contributed by atoms with Gasteiger partial charge in [0.2, 0.25) is 5.91 Å². The van der Waals surface area contributed by atoms with Crippen LogP contribution < -0.4 is 11.1 Å². The number of nitrogens with two attached hydrogens (primary N) is 1. The van der Waals surface area contributed by atoms with Crippen LogP contribution in [0.4, 0.5) is 20.4 Å². The first kappa shape index (κ1) is 20.6. The topological polar surface area (TPSA) is 124 Å². The van der Waals surface area contributed by atoms with Crippen molar-refractivity contribution in [2.24, 2.45) is 5.92 Å². The van der Waals surface area contributed by atoms with Gasteiger partial charge in [0.05, 0.1) is 17.5 Å². The monoisotopic (exact) mass is 462 g/mol. The summed E-state index contributed by atoms with van der Waals surface area (Å²) in [5, 5.41) is 7.02. The van der Waals surface area contributed by atoms with Crippen molar-refractivity contribution >= 4 is 23.2 Å². The molecule has 0 radical (unpaired) electrons. The largest absolute Gasteiger partial charge is 0.383 e. The van der Waals surface area contributed by atoms with E-state index in [1.54, 1.807) is 10.7 Å². The Morgan fingerprint density at radius 3 is 2.76 bits per heavy atom.